The molecule has 6 N–H and O–H groups in total. The zero-order valence-corrected chi connectivity index (χ0v) is 24.3. The molecule has 40 heavy (non-hydrogen) atoms. The Labute approximate surface area is 238 Å². The highest BCUT2D eigenvalue weighted by Gasteiger charge is 2.14. The van der Waals surface area contributed by atoms with Crippen LogP contribution in [0, 0.1) is 5.21 Å². The molecule has 0 heterocycles. The molecule has 0 aromatic heterocycles. The number of hydrogen-bond donors (Lipinski definition) is 5. The number of carbonyl (C=O) groups excluding carboxylic acids is 4. The number of amides is 4. The van der Waals surface area contributed by atoms with Crippen molar-refractivity contribution in [2.24, 2.45) is 5.73 Å². The fourth-order valence-corrected chi connectivity index (χ4v) is 3.65. The monoisotopic (exact) mass is 572 g/mol. The number of carbonyl (C=O) groups is 4. The average Bonchev–Trinajstić information content (AvgIpc) is 2.94. The smallest absolute Gasteiger partial charge is 0.246 e. The summed E-state index contributed by atoms with van der Waals surface area (Å²) in [6.07, 6.45) is 9.73. The second kappa shape index (κ2) is 25.2. The molecule has 0 aliphatic carbocycles. The molecule has 13 nitrogen and oxygen atoms in total. The highest BCUT2D eigenvalue weighted by molar-refractivity contribution is 5.83. The lowest BCUT2D eigenvalue weighted by atomic mass is 10.2. The van der Waals surface area contributed by atoms with Crippen LogP contribution >= 0.6 is 0 Å². The van der Waals surface area contributed by atoms with E-state index in [0.29, 0.717) is 74.8 Å². The lowest BCUT2D eigenvalue weighted by molar-refractivity contribution is -0.454. The van der Waals surface area contributed by atoms with Crippen molar-refractivity contribution in [1.29, 1.82) is 0 Å². The third kappa shape index (κ3) is 22.1. The van der Waals surface area contributed by atoms with Crippen LogP contribution in [-0.2, 0) is 19.2 Å². The van der Waals surface area contributed by atoms with Crippen LogP contribution in [0.5, 0.6) is 0 Å². The molecule has 0 aliphatic heterocycles. The van der Waals surface area contributed by atoms with E-state index >= 15 is 0 Å². The molecule has 0 aliphatic rings. The molecule has 0 atom stereocenters. The topological polar surface area (TPSA) is 191 Å². The third-order valence-electron chi connectivity index (χ3n) is 6.17. The number of nitrogens with one attached hydrogen (secondary N) is 2. The van der Waals surface area contributed by atoms with Crippen LogP contribution in [0.4, 0.5) is 0 Å². The predicted molar refractivity (Wildman–Crippen MR) is 152 cm³/mol. The van der Waals surface area contributed by atoms with E-state index in [1.807, 2.05) is 0 Å². The number of nitrogens with two attached hydrogens (primary N) is 1. The Hall–Kier alpha value is -2.77. The second-order valence-electron chi connectivity index (χ2n) is 9.82. The van der Waals surface area contributed by atoms with Crippen LogP contribution in [0.2, 0.25) is 0 Å². The highest BCUT2D eigenvalue weighted by atomic mass is 16.5. The van der Waals surface area contributed by atoms with Gasteiger partial charge in [0.1, 0.15) is 0 Å². The van der Waals surface area contributed by atoms with Gasteiger partial charge in [-0.15, -0.1) is 0 Å². The van der Waals surface area contributed by atoms with Crippen molar-refractivity contribution in [2.75, 3.05) is 39.3 Å². The molecule has 0 radical (unpaired) electrons. The molecule has 4 amide bonds. The van der Waals surface area contributed by atoms with E-state index in [9.17, 15) is 34.8 Å². The van der Waals surface area contributed by atoms with Gasteiger partial charge in [-0.2, -0.15) is 0 Å². The molecule has 0 fully saturated rings. The lowest BCUT2D eigenvalue weighted by Crippen LogP contribution is -2.31. The molecular formula is C27H52N6O7. The summed E-state index contributed by atoms with van der Waals surface area (Å²) in [6.45, 7) is 4.22. The Morgan fingerprint density at radius 1 is 0.750 bits per heavy atom. The Balaban J connectivity index is 3.77. The van der Waals surface area contributed by atoms with Gasteiger partial charge in [0.2, 0.25) is 23.6 Å². The third-order valence-corrected chi connectivity index (χ3v) is 6.17. The average molecular weight is 573 g/mol. The zero-order chi connectivity index (χ0) is 30.0. The Morgan fingerprint density at radius 2 is 1.25 bits per heavy atom. The Bertz CT molecular complexity index is 751. The molecule has 0 saturated carbocycles. The first-order chi connectivity index (χ1) is 19.2. The maximum Gasteiger partial charge on any atom is 0.246 e. The maximum atomic E-state index is 12.0. The molecule has 232 valence electrons. The number of nitrogens with zero attached hydrogens (tertiary/aromatic N) is 3. The predicted octanol–water partition coefficient (Wildman–Crippen LogP) is 2.07. The van der Waals surface area contributed by atoms with E-state index in [1.165, 1.54) is 0 Å². The summed E-state index contributed by atoms with van der Waals surface area (Å²) in [5.74, 6) is -1.58. The Morgan fingerprint density at radius 3 is 1.75 bits per heavy atom. The molecule has 0 unspecified atom stereocenters. The van der Waals surface area contributed by atoms with Gasteiger partial charge in [0, 0.05) is 64.7 Å². The number of hydrogen-bond acceptors (Lipinski definition) is 8. The number of unbranched alkanes of at least 4 members (excludes halogenated alkanes) is 7. The van der Waals surface area contributed by atoms with E-state index < -0.39 is 11.8 Å². The Kier molecular flexibility index (Phi) is 23.5. The fourth-order valence-electron chi connectivity index (χ4n) is 3.65. The van der Waals surface area contributed by atoms with Crippen molar-refractivity contribution >= 4 is 29.8 Å². The van der Waals surface area contributed by atoms with Crippen LogP contribution in [0.25, 0.3) is 0 Å². The zero-order valence-electron chi connectivity index (χ0n) is 24.3. The first-order valence-electron chi connectivity index (χ1n) is 14.7. The molecule has 0 aromatic rings. The summed E-state index contributed by atoms with van der Waals surface area (Å²) >= 11 is 0. The van der Waals surface area contributed by atoms with Crippen LogP contribution < -0.4 is 16.4 Å². The minimum absolute atomic E-state index is 0.0121. The van der Waals surface area contributed by atoms with Crippen molar-refractivity contribution in [3.05, 3.63) is 5.21 Å². The molecule has 0 bridgehead atoms. The highest BCUT2D eigenvalue weighted by Crippen LogP contribution is 2.03. The minimum Gasteiger partial charge on any atom is -0.624 e. The van der Waals surface area contributed by atoms with Gasteiger partial charge in [-0.3, -0.25) is 29.6 Å². The van der Waals surface area contributed by atoms with Gasteiger partial charge in [-0.25, -0.2) is 14.9 Å². The minimum atomic E-state index is -0.532. The van der Waals surface area contributed by atoms with Gasteiger partial charge in [0.25, 0.3) is 0 Å². The van der Waals surface area contributed by atoms with E-state index in [2.05, 4.69) is 17.6 Å². The van der Waals surface area contributed by atoms with Crippen LogP contribution in [0.1, 0.15) is 103 Å². The SMILES string of the molecule is CCCCC=[N+]([O-])CCCCNC(=O)CCC(=O)N(O)CCCCCNC(=O)CCC(=O)N(O)CCCCCN. The van der Waals surface area contributed by atoms with E-state index in [4.69, 9.17) is 5.73 Å². The molecule has 0 saturated heterocycles. The van der Waals surface area contributed by atoms with Crippen molar-refractivity contribution in [3.8, 4) is 0 Å². The largest absolute Gasteiger partial charge is 0.624 e. The summed E-state index contributed by atoms with van der Waals surface area (Å²) in [5, 5.41) is 37.8. The summed E-state index contributed by atoms with van der Waals surface area (Å²) in [4.78, 5) is 47.6. The van der Waals surface area contributed by atoms with Crippen molar-refractivity contribution < 1.29 is 34.3 Å². The van der Waals surface area contributed by atoms with Crippen molar-refractivity contribution in [2.45, 2.75) is 103 Å². The summed E-state index contributed by atoms with van der Waals surface area (Å²) in [7, 11) is 0. The first-order valence-corrected chi connectivity index (χ1v) is 14.7. The van der Waals surface area contributed by atoms with Crippen LogP contribution in [0.15, 0.2) is 0 Å². The summed E-state index contributed by atoms with van der Waals surface area (Å²) < 4.78 is 0.937. The molecule has 13 heteroatoms. The fraction of sp³-hybridized carbons (Fsp3) is 0.815. The van der Waals surface area contributed by atoms with Gasteiger partial charge < -0.3 is 21.6 Å². The van der Waals surface area contributed by atoms with Crippen LogP contribution in [0.3, 0.4) is 0 Å². The summed E-state index contributed by atoms with van der Waals surface area (Å²) in [6, 6.07) is 0. The van der Waals surface area contributed by atoms with Gasteiger partial charge in [-0.05, 0) is 51.5 Å². The summed E-state index contributed by atoms with van der Waals surface area (Å²) in [5.41, 5.74) is 5.40. The van der Waals surface area contributed by atoms with Gasteiger partial charge in [-0.1, -0.05) is 19.8 Å². The molecular weight excluding hydrogens is 520 g/mol. The standard InChI is InChI=1S/C27H52N6O7/c1-2-3-9-20-31(38)21-12-8-19-30-25(35)14-16-27(37)33(40)23-11-5-7-18-29-24(34)13-15-26(36)32(39)22-10-4-6-17-28/h20,39-40H,2-19,21-23,28H2,1H3,(H,29,34)(H,30,35). The molecule has 0 spiro atoms. The molecule has 0 rings (SSSR count). The van der Waals surface area contributed by atoms with E-state index in [1.54, 1.807) is 6.21 Å². The maximum absolute atomic E-state index is 12.0. The lowest BCUT2D eigenvalue weighted by Gasteiger charge is -2.15. The molecule has 0 aromatic carbocycles. The van der Waals surface area contributed by atoms with Gasteiger partial charge in [0.05, 0.1) is 0 Å². The number of rotatable bonds is 25. The van der Waals surface area contributed by atoms with E-state index in [-0.39, 0.29) is 50.6 Å². The van der Waals surface area contributed by atoms with Crippen molar-refractivity contribution in [3.63, 3.8) is 0 Å². The van der Waals surface area contributed by atoms with Crippen LogP contribution in [-0.4, -0.2) is 94.4 Å². The first kappa shape index (κ1) is 37.2. The van der Waals surface area contributed by atoms with Crippen molar-refractivity contribution in [1.82, 2.24) is 20.8 Å². The quantitative estimate of drug-likeness (QED) is 0.0274. The van der Waals surface area contributed by atoms with Gasteiger partial charge >= 0.3 is 0 Å². The number of hydroxylamine groups is 5. The van der Waals surface area contributed by atoms with Gasteiger partial charge in [0.15, 0.2) is 12.8 Å². The normalized spacial score (nSPS) is 11.2. The van der Waals surface area contributed by atoms with E-state index in [0.717, 1.165) is 36.8 Å². The second-order valence-corrected chi connectivity index (χ2v) is 9.82.